The first-order valence-electron chi connectivity index (χ1n) is 9.03. The van der Waals surface area contributed by atoms with Crippen molar-refractivity contribution in [1.82, 2.24) is 14.7 Å². The molecule has 0 radical (unpaired) electrons. The van der Waals surface area contributed by atoms with Crippen LogP contribution in [0.15, 0.2) is 30.3 Å². The van der Waals surface area contributed by atoms with Gasteiger partial charge in [-0.25, -0.2) is 4.79 Å². The summed E-state index contributed by atoms with van der Waals surface area (Å²) < 4.78 is 0. The van der Waals surface area contributed by atoms with E-state index in [1.54, 1.807) is 0 Å². The Kier molecular flexibility index (Phi) is 5.07. The Balaban J connectivity index is 1.76. The summed E-state index contributed by atoms with van der Waals surface area (Å²) >= 11 is 0. The van der Waals surface area contributed by atoms with E-state index in [2.05, 4.69) is 0 Å². The monoisotopic (exact) mass is 329 g/mol. The van der Waals surface area contributed by atoms with E-state index in [9.17, 15) is 9.59 Å². The van der Waals surface area contributed by atoms with Crippen molar-refractivity contribution in [1.29, 1.82) is 0 Å². The number of urea groups is 1. The largest absolute Gasteiger partial charge is 0.336 e. The minimum atomic E-state index is 0.0876. The van der Waals surface area contributed by atoms with Gasteiger partial charge in [0, 0.05) is 38.3 Å². The number of hydrogen-bond donors (Lipinski definition) is 0. The highest BCUT2D eigenvalue weighted by Gasteiger charge is 2.39. The number of hydrogen-bond acceptors (Lipinski definition) is 2. The fourth-order valence-corrected chi connectivity index (χ4v) is 3.92. The highest BCUT2D eigenvalue weighted by atomic mass is 16.2. The average molecular weight is 329 g/mol. The topological polar surface area (TPSA) is 43.9 Å². The van der Waals surface area contributed by atoms with Crippen LogP contribution in [0.3, 0.4) is 0 Å². The van der Waals surface area contributed by atoms with Gasteiger partial charge in [0.2, 0.25) is 0 Å². The van der Waals surface area contributed by atoms with Crippen LogP contribution < -0.4 is 0 Å². The fraction of sp³-hybridized carbons (Fsp3) is 0.579. The Labute approximate surface area is 144 Å². The number of nitrogens with zero attached hydrogens (tertiary/aromatic N) is 3. The van der Waals surface area contributed by atoms with Crippen molar-refractivity contribution in [3.8, 4) is 0 Å². The zero-order chi connectivity index (χ0) is 17.1. The van der Waals surface area contributed by atoms with E-state index in [0.717, 1.165) is 44.6 Å². The molecule has 1 aromatic carbocycles. The van der Waals surface area contributed by atoms with Crippen LogP contribution in [-0.2, 0) is 0 Å². The highest BCUT2D eigenvalue weighted by Crippen LogP contribution is 2.29. The molecule has 5 heteroatoms. The third-order valence-corrected chi connectivity index (χ3v) is 5.30. The Bertz CT molecular complexity index is 586. The lowest BCUT2D eigenvalue weighted by molar-refractivity contribution is 0.0737. The maximum atomic E-state index is 12.8. The summed E-state index contributed by atoms with van der Waals surface area (Å²) in [6.07, 6.45) is 2.10. The van der Waals surface area contributed by atoms with Crippen molar-refractivity contribution in [2.45, 2.75) is 32.7 Å². The summed E-state index contributed by atoms with van der Waals surface area (Å²) in [4.78, 5) is 31.4. The van der Waals surface area contributed by atoms with Gasteiger partial charge >= 0.3 is 6.03 Å². The normalized spacial score (nSPS) is 23.1. The first-order valence-corrected chi connectivity index (χ1v) is 9.03. The molecule has 4 rings (SSSR count). The number of carbonyl (C=O) groups excluding carboxylic acids is 2. The summed E-state index contributed by atoms with van der Waals surface area (Å²) in [6, 6.07) is 9.73. The smallest absolute Gasteiger partial charge is 0.320 e. The van der Waals surface area contributed by atoms with E-state index < -0.39 is 0 Å². The molecule has 0 unspecified atom stereocenters. The van der Waals surface area contributed by atoms with Crippen molar-refractivity contribution >= 4 is 11.9 Å². The average Bonchev–Trinajstić information content (AvgIpc) is 2.94. The van der Waals surface area contributed by atoms with Crippen LogP contribution in [0.2, 0.25) is 0 Å². The van der Waals surface area contributed by atoms with Gasteiger partial charge in [0.05, 0.1) is 6.04 Å². The van der Waals surface area contributed by atoms with Crippen LogP contribution in [0.4, 0.5) is 4.79 Å². The van der Waals surface area contributed by atoms with Gasteiger partial charge < -0.3 is 14.7 Å². The molecule has 0 saturated carbocycles. The molecule has 3 heterocycles. The predicted molar refractivity (Wildman–Crippen MR) is 93.9 cm³/mol. The molecule has 3 saturated heterocycles. The van der Waals surface area contributed by atoms with Crippen molar-refractivity contribution in [2.75, 3.05) is 32.7 Å². The molecule has 3 fully saturated rings. The van der Waals surface area contributed by atoms with Gasteiger partial charge in [-0.05, 0) is 44.7 Å². The molecule has 0 N–H and O–H groups in total. The third-order valence-electron chi connectivity index (χ3n) is 5.30. The second-order valence-electron chi connectivity index (χ2n) is 6.78. The van der Waals surface area contributed by atoms with Gasteiger partial charge in [-0.15, -0.1) is 0 Å². The lowest BCUT2D eigenvalue weighted by atomic mass is 9.95. The molecule has 0 aromatic heterocycles. The van der Waals surface area contributed by atoms with Gasteiger partial charge in [-0.3, -0.25) is 4.79 Å². The van der Waals surface area contributed by atoms with Crippen molar-refractivity contribution in [3.63, 3.8) is 0 Å². The summed E-state index contributed by atoms with van der Waals surface area (Å²) in [5.74, 6) is 0.473. The maximum Gasteiger partial charge on any atom is 0.320 e. The summed E-state index contributed by atoms with van der Waals surface area (Å²) in [5, 5.41) is 0. The number of fused-ring (bicyclic) bond motifs is 4. The Morgan fingerprint density at radius 2 is 1.75 bits per heavy atom. The Hall–Kier alpha value is -2.04. The van der Waals surface area contributed by atoms with Crippen molar-refractivity contribution in [3.05, 3.63) is 35.9 Å². The Morgan fingerprint density at radius 3 is 2.42 bits per heavy atom. The van der Waals surface area contributed by atoms with E-state index in [0.29, 0.717) is 12.5 Å². The Morgan fingerprint density at radius 1 is 1.04 bits per heavy atom. The third kappa shape index (κ3) is 3.25. The molecule has 5 nitrogen and oxygen atoms in total. The molecule has 1 aromatic rings. The number of amides is 3. The molecule has 3 amide bonds. The van der Waals surface area contributed by atoms with Crippen LogP contribution in [0.5, 0.6) is 0 Å². The van der Waals surface area contributed by atoms with Crippen molar-refractivity contribution < 1.29 is 9.59 Å². The van der Waals surface area contributed by atoms with E-state index in [1.165, 1.54) is 0 Å². The van der Waals surface area contributed by atoms with Gasteiger partial charge in [-0.1, -0.05) is 18.2 Å². The second kappa shape index (κ2) is 7.24. The number of carbonyl (C=O) groups is 2. The zero-order valence-electron chi connectivity index (χ0n) is 14.6. The maximum absolute atomic E-state index is 12.8. The lowest BCUT2D eigenvalue weighted by Gasteiger charge is -2.38. The predicted octanol–water partition coefficient (Wildman–Crippen LogP) is 2.68. The van der Waals surface area contributed by atoms with Gasteiger partial charge in [0.1, 0.15) is 0 Å². The molecule has 0 aliphatic carbocycles. The molecular weight excluding hydrogens is 302 g/mol. The van der Waals surface area contributed by atoms with Gasteiger partial charge in [0.15, 0.2) is 0 Å². The van der Waals surface area contributed by atoms with Crippen LogP contribution >= 0.6 is 0 Å². The quantitative estimate of drug-likeness (QED) is 0.856. The molecular formula is C19H27N3O2. The molecule has 3 aliphatic heterocycles. The number of benzene rings is 1. The van der Waals surface area contributed by atoms with E-state index >= 15 is 0 Å². The van der Waals surface area contributed by atoms with E-state index in [-0.39, 0.29) is 18.0 Å². The fourth-order valence-electron chi connectivity index (χ4n) is 3.92. The molecule has 2 bridgehead atoms. The van der Waals surface area contributed by atoms with Crippen LogP contribution in [-0.4, -0.2) is 65.4 Å². The van der Waals surface area contributed by atoms with Gasteiger partial charge in [-0.2, -0.15) is 0 Å². The minimum Gasteiger partial charge on any atom is -0.336 e. The molecule has 0 spiro atoms. The SMILES string of the molecule is CCN(CC)C(=O)N1C[C@H]2CC[C@@H]1CN(C(=O)c1ccccc1)C2. The summed E-state index contributed by atoms with van der Waals surface area (Å²) in [6.45, 7) is 7.68. The number of piperidine rings is 1. The van der Waals surface area contributed by atoms with Crippen molar-refractivity contribution in [2.24, 2.45) is 5.92 Å². The highest BCUT2D eigenvalue weighted by molar-refractivity contribution is 5.94. The molecule has 2 atom stereocenters. The van der Waals surface area contributed by atoms with Crippen LogP contribution in [0.1, 0.15) is 37.0 Å². The molecule has 3 aliphatic rings. The minimum absolute atomic E-state index is 0.0876. The zero-order valence-corrected chi connectivity index (χ0v) is 14.6. The standard InChI is InChI=1S/C19H27N3O2/c1-3-20(4-2)19(24)22-13-15-10-11-17(22)14-21(12-15)18(23)16-8-6-5-7-9-16/h5-9,15,17H,3-4,10-14H2,1-2H3/t15-,17+/m0/s1. The van der Waals surface area contributed by atoms with E-state index in [1.807, 2.05) is 58.9 Å². The number of rotatable bonds is 3. The lowest BCUT2D eigenvalue weighted by Crippen LogP contribution is -2.52. The summed E-state index contributed by atoms with van der Waals surface area (Å²) in [7, 11) is 0. The first kappa shape index (κ1) is 16.8. The molecule has 24 heavy (non-hydrogen) atoms. The second-order valence-corrected chi connectivity index (χ2v) is 6.78. The van der Waals surface area contributed by atoms with Crippen LogP contribution in [0, 0.1) is 5.92 Å². The van der Waals surface area contributed by atoms with Crippen LogP contribution in [0.25, 0.3) is 0 Å². The van der Waals surface area contributed by atoms with Gasteiger partial charge in [0.25, 0.3) is 5.91 Å². The first-order chi connectivity index (χ1) is 11.6. The summed E-state index contributed by atoms with van der Waals surface area (Å²) in [5.41, 5.74) is 0.736. The van der Waals surface area contributed by atoms with E-state index in [4.69, 9.17) is 0 Å². The molecule has 130 valence electrons.